The van der Waals surface area contributed by atoms with Gasteiger partial charge in [0.05, 0.1) is 11.9 Å². The maximum absolute atomic E-state index is 4.70. The van der Waals surface area contributed by atoms with Crippen LogP contribution >= 0.6 is 0 Å². The third kappa shape index (κ3) is 2.55. The monoisotopic (exact) mass is 293 g/mol. The molecule has 2 N–H and O–H groups in total. The Hall–Kier alpha value is -2.40. The molecule has 5 heteroatoms. The van der Waals surface area contributed by atoms with Crippen molar-refractivity contribution in [1.29, 1.82) is 0 Å². The second kappa shape index (κ2) is 5.77. The predicted octanol–water partition coefficient (Wildman–Crippen LogP) is 2.56. The number of hydrogen-bond acceptors (Lipinski definition) is 4. The molecule has 1 fully saturated rings. The minimum atomic E-state index is 0.437. The van der Waals surface area contributed by atoms with Gasteiger partial charge in [0.15, 0.2) is 5.65 Å². The predicted molar refractivity (Wildman–Crippen MR) is 87.9 cm³/mol. The SMILES string of the molecule is c1ccc(-c2cc(N[C@H]3CCCNC3)n3nccc3n2)cc1. The number of nitrogens with zero attached hydrogens (tertiary/aromatic N) is 3. The van der Waals surface area contributed by atoms with Crippen LogP contribution in [0.25, 0.3) is 16.9 Å². The van der Waals surface area contributed by atoms with Gasteiger partial charge in [0.1, 0.15) is 5.82 Å². The molecule has 112 valence electrons. The van der Waals surface area contributed by atoms with Crippen LogP contribution in [0.1, 0.15) is 12.8 Å². The van der Waals surface area contributed by atoms with Crippen molar-refractivity contribution in [2.24, 2.45) is 0 Å². The van der Waals surface area contributed by atoms with E-state index in [2.05, 4.69) is 33.9 Å². The molecule has 5 nitrogen and oxygen atoms in total. The Morgan fingerprint density at radius 3 is 2.91 bits per heavy atom. The van der Waals surface area contributed by atoms with Crippen LogP contribution in [-0.2, 0) is 0 Å². The van der Waals surface area contributed by atoms with Crippen LogP contribution in [0.15, 0.2) is 48.7 Å². The number of anilines is 1. The van der Waals surface area contributed by atoms with E-state index in [0.29, 0.717) is 6.04 Å². The van der Waals surface area contributed by atoms with Crippen LogP contribution in [0, 0.1) is 0 Å². The Balaban J connectivity index is 1.74. The largest absolute Gasteiger partial charge is 0.366 e. The third-order valence-electron chi connectivity index (χ3n) is 4.08. The summed E-state index contributed by atoms with van der Waals surface area (Å²) in [6, 6.07) is 14.7. The Kier molecular flexibility index (Phi) is 3.48. The van der Waals surface area contributed by atoms with Crippen molar-refractivity contribution >= 4 is 11.5 Å². The quantitative estimate of drug-likeness (QED) is 0.779. The summed E-state index contributed by atoms with van der Waals surface area (Å²) >= 11 is 0. The molecule has 0 saturated carbocycles. The number of aromatic nitrogens is 3. The summed E-state index contributed by atoms with van der Waals surface area (Å²) in [5.41, 5.74) is 2.96. The van der Waals surface area contributed by atoms with Crippen LogP contribution in [0.4, 0.5) is 5.82 Å². The van der Waals surface area contributed by atoms with Crippen molar-refractivity contribution < 1.29 is 0 Å². The van der Waals surface area contributed by atoms with Gasteiger partial charge in [-0.1, -0.05) is 30.3 Å². The number of piperidine rings is 1. The summed E-state index contributed by atoms with van der Waals surface area (Å²) in [6.07, 6.45) is 4.18. The molecule has 0 bridgehead atoms. The first-order chi connectivity index (χ1) is 10.9. The van der Waals surface area contributed by atoms with Gasteiger partial charge in [0, 0.05) is 30.3 Å². The molecular weight excluding hydrogens is 274 g/mol. The number of hydrogen-bond donors (Lipinski definition) is 2. The minimum absolute atomic E-state index is 0.437. The van der Waals surface area contributed by atoms with Crippen molar-refractivity contribution in [3.8, 4) is 11.3 Å². The van der Waals surface area contributed by atoms with Gasteiger partial charge in [0.2, 0.25) is 0 Å². The fourth-order valence-corrected chi connectivity index (χ4v) is 2.96. The molecule has 4 rings (SSSR count). The van der Waals surface area contributed by atoms with Gasteiger partial charge in [-0.05, 0) is 19.4 Å². The standard InChI is InChI=1S/C17H19N5/c1-2-5-13(6-3-1)15-11-17(20-14-7-4-9-18-12-14)22-16(21-15)8-10-19-22/h1-3,5-6,8,10-11,14,18,20H,4,7,9,12H2/t14-/m0/s1. The Morgan fingerprint density at radius 1 is 1.18 bits per heavy atom. The van der Waals surface area contributed by atoms with Crippen molar-refractivity contribution in [1.82, 2.24) is 19.9 Å². The number of rotatable bonds is 3. The summed E-state index contributed by atoms with van der Waals surface area (Å²) in [7, 11) is 0. The van der Waals surface area contributed by atoms with Crippen LogP contribution in [-0.4, -0.2) is 33.7 Å². The lowest BCUT2D eigenvalue weighted by Gasteiger charge is -2.25. The van der Waals surface area contributed by atoms with E-state index >= 15 is 0 Å². The summed E-state index contributed by atoms with van der Waals surface area (Å²) in [5.74, 6) is 1.00. The van der Waals surface area contributed by atoms with Gasteiger partial charge in [-0.25, -0.2) is 4.98 Å². The first-order valence-corrected chi connectivity index (χ1v) is 7.77. The van der Waals surface area contributed by atoms with E-state index < -0.39 is 0 Å². The lowest BCUT2D eigenvalue weighted by molar-refractivity contribution is 0.478. The molecule has 0 radical (unpaired) electrons. The number of nitrogens with one attached hydrogen (secondary N) is 2. The highest BCUT2D eigenvalue weighted by atomic mass is 15.3. The van der Waals surface area contributed by atoms with E-state index in [1.54, 1.807) is 6.20 Å². The number of fused-ring (bicyclic) bond motifs is 1. The molecule has 1 aromatic carbocycles. The molecule has 3 aromatic rings. The maximum atomic E-state index is 4.70. The zero-order valence-electron chi connectivity index (χ0n) is 12.4. The molecule has 3 heterocycles. The molecule has 0 unspecified atom stereocenters. The van der Waals surface area contributed by atoms with Gasteiger partial charge < -0.3 is 10.6 Å². The third-order valence-corrected chi connectivity index (χ3v) is 4.08. The van der Waals surface area contributed by atoms with Crippen molar-refractivity contribution in [2.75, 3.05) is 18.4 Å². The maximum Gasteiger partial charge on any atom is 0.157 e. The van der Waals surface area contributed by atoms with E-state index in [4.69, 9.17) is 4.98 Å². The van der Waals surface area contributed by atoms with E-state index in [9.17, 15) is 0 Å². The van der Waals surface area contributed by atoms with Gasteiger partial charge in [-0.15, -0.1) is 0 Å². The van der Waals surface area contributed by atoms with E-state index in [1.165, 1.54) is 12.8 Å². The van der Waals surface area contributed by atoms with Crippen LogP contribution in [0.3, 0.4) is 0 Å². The first-order valence-electron chi connectivity index (χ1n) is 7.77. The van der Waals surface area contributed by atoms with Crippen LogP contribution < -0.4 is 10.6 Å². The average molecular weight is 293 g/mol. The molecule has 22 heavy (non-hydrogen) atoms. The molecular formula is C17H19N5. The first kappa shape index (κ1) is 13.3. The molecule has 1 aliphatic rings. The zero-order chi connectivity index (χ0) is 14.8. The van der Waals surface area contributed by atoms with Gasteiger partial charge in [0.25, 0.3) is 0 Å². The highest BCUT2D eigenvalue weighted by molar-refractivity contribution is 5.66. The smallest absolute Gasteiger partial charge is 0.157 e. The number of benzene rings is 1. The molecule has 2 aromatic heterocycles. The zero-order valence-corrected chi connectivity index (χ0v) is 12.4. The highest BCUT2D eigenvalue weighted by Crippen LogP contribution is 2.23. The van der Waals surface area contributed by atoms with E-state index in [-0.39, 0.29) is 0 Å². The van der Waals surface area contributed by atoms with Gasteiger partial charge in [-0.2, -0.15) is 9.61 Å². The Bertz CT molecular complexity index is 759. The normalized spacial score (nSPS) is 18.5. The lowest BCUT2D eigenvalue weighted by Crippen LogP contribution is -2.38. The highest BCUT2D eigenvalue weighted by Gasteiger charge is 2.15. The van der Waals surface area contributed by atoms with Crippen molar-refractivity contribution in [3.63, 3.8) is 0 Å². The average Bonchev–Trinajstić information content (AvgIpc) is 3.05. The van der Waals surface area contributed by atoms with Crippen LogP contribution in [0.5, 0.6) is 0 Å². The summed E-state index contributed by atoms with van der Waals surface area (Å²) in [6.45, 7) is 2.10. The molecule has 0 spiro atoms. The molecule has 1 saturated heterocycles. The molecule has 1 atom stereocenters. The molecule has 1 aliphatic heterocycles. The summed E-state index contributed by atoms with van der Waals surface area (Å²) < 4.78 is 1.88. The van der Waals surface area contributed by atoms with Crippen LogP contribution in [0.2, 0.25) is 0 Å². The van der Waals surface area contributed by atoms with Crippen molar-refractivity contribution in [2.45, 2.75) is 18.9 Å². The molecule has 0 amide bonds. The Morgan fingerprint density at radius 2 is 2.09 bits per heavy atom. The van der Waals surface area contributed by atoms with E-state index in [0.717, 1.165) is 35.8 Å². The second-order valence-electron chi connectivity index (χ2n) is 5.68. The fraction of sp³-hybridized carbons (Fsp3) is 0.294. The fourth-order valence-electron chi connectivity index (χ4n) is 2.96. The van der Waals surface area contributed by atoms with E-state index in [1.807, 2.05) is 28.8 Å². The minimum Gasteiger partial charge on any atom is -0.366 e. The second-order valence-corrected chi connectivity index (χ2v) is 5.68. The van der Waals surface area contributed by atoms with Gasteiger partial charge >= 0.3 is 0 Å². The van der Waals surface area contributed by atoms with Crippen molar-refractivity contribution in [3.05, 3.63) is 48.7 Å². The van der Waals surface area contributed by atoms with Gasteiger partial charge in [-0.3, -0.25) is 0 Å². The summed E-state index contributed by atoms with van der Waals surface area (Å²) in [4.78, 5) is 4.70. The Labute approximate surface area is 129 Å². The molecule has 0 aliphatic carbocycles. The lowest BCUT2D eigenvalue weighted by atomic mass is 10.1. The topological polar surface area (TPSA) is 54.2 Å². The summed E-state index contributed by atoms with van der Waals surface area (Å²) in [5, 5.41) is 11.4.